The first-order valence-corrected chi connectivity index (χ1v) is 14.6. The number of methoxy groups -OCH3 is 1. The van der Waals surface area contributed by atoms with Crippen molar-refractivity contribution in [2.45, 2.75) is 115 Å². The van der Waals surface area contributed by atoms with E-state index in [4.69, 9.17) is 16.3 Å². The number of nitrogens with one attached hydrogen (secondary N) is 2. The number of carbonyl (C=O) groups is 1. The molecule has 1 heterocycles. The zero-order valence-electron chi connectivity index (χ0n) is 24.0. The van der Waals surface area contributed by atoms with Crippen LogP contribution in [0.25, 0.3) is 10.9 Å². The summed E-state index contributed by atoms with van der Waals surface area (Å²) in [5.41, 5.74) is 0.146. The van der Waals surface area contributed by atoms with Crippen molar-refractivity contribution >= 4 is 28.5 Å². The highest BCUT2D eigenvalue weighted by atomic mass is 35.5. The normalized spacial score (nSPS) is 16.6. The molecule has 9 heteroatoms. The Morgan fingerprint density at radius 3 is 2.26 bits per heavy atom. The van der Waals surface area contributed by atoms with Crippen LogP contribution in [0.5, 0.6) is 0 Å². The summed E-state index contributed by atoms with van der Waals surface area (Å²) in [6.07, 6.45) is 12.1. The van der Waals surface area contributed by atoms with Gasteiger partial charge in [0.15, 0.2) is 0 Å². The van der Waals surface area contributed by atoms with Crippen molar-refractivity contribution in [1.82, 2.24) is 10.3 Å². The molecule has 0 saturated heterocycles. The molecule has 4 N–H and O–H groups in total. The lowest BCUT2D eigenvalue weighted by molar-refractivity contribution is -0.102. The number of ether oxygens (including phenoxy) is 1. The molecule has 0 amide bonds. The summed E-state index contributed by atoms with van der Waals surface area (Å²) in [4.78, 5) is 14.3. The minimum Gasteiger partial charge on any atom is -0.478 e. The molecule has 1 aliphatic rings. The molecule has 0 spiro atoms. The van der Waals surface area contributed by atoms with Gasteiger partial charge in [0.25, 0.3) is 0 Å². The highest BCUT2D eigenvalue weighted by Gasteiger charge is 2.41. The molecule has 0 bridgehead atoms. The number of unbranched alkanes of at least 4 members (excludes halogenated alkanes) is 7. The molecule has 0 atom stereocenters. The van der Waals surface area contributed by atoms with Crippen LogP contribution in [0.4, 0.5) is 8.78 Å². The quantitative estimate of drug-likeness (QED) is 0.172. The molecule has 222 valence electrons. The summed E-state index contributed by atoms with van der Waals surface area (Å²) >= 11 is 6.10. The Hall–Kier alpha value is -1.74. The van der Waals surface area contributed by atoms with Crippen molar-refractivity contribution in [3.05, 3.63) is 34.5 Å². The van der Waals surface area contributed by atoms with Crippen LogP contribution in [0.1, 0.15) is 114 Å². The third-order valence-corrected chi connectivity index (χ3v) is 8.15. The number of H-pyrrole nitrogens is 1. The molecule has 6 nitrogen and oxygen atoms in total. The SMILES string of the molecule is CCCCCCCCCCNCC1(O)CCC(F)(F)CC1.COC(C)(C)c1cc(C(=O)O)c(Cl)c2cc[nH]c12. The number of aromatic carboxylic acids is 1. The van der Waals surface area contributed by atoms with Crippen LogP contribution in [0.3, 0.4) is 0 Å². The fourth-order valence-corrected chi connectivity index (χ4v) is 5.20. The maximum atomic E-state index is 13.1. The number of fused-ring (bicyclic) bond motifs is 1. The molecule has 0 aliphatic heterocycles. The van der Waals surface area contributed by atoms with Crippen molar-refractivity contribution < 1.29 is 28.5 Å². The summed E-state index contributed by atoms with van der Waals surface area (Å²) < 4.78 is 31.5. The van der Waals surface area contributed by atoms with Gasteiger partial charge in [0, 0.05) is 43.6 Å². The first-order valence-electron chi connectivity index (χ1n) is 14.3. The topological polar surface area (TPSA) is 94.6 Å². The molecule has 2 aromatic rings. The van der Waals surface area contributed by atoms with Crippen molar-refractivity contribution in [3.8, 4) is 0 Å². The molecule has 3 rings (SSSR count). The molecular formula is C30H47ClF2N2O4. The van der Waals surface area contributed by atoms with E-state index >= 15 is 0 Å². The number of aromatic amines is 1. The van der Waals surface area contributed by atoms with Crippen LogP contribution in [0, 0.1) is 0 Å². The van der Waals surface area contributed by atoms with Crippen molar-refractivity contribution in [3.63, 3.8) is 0 Å². The highest BCUT2D eigenvalue weighted by molar-refractivity contribution is 6.38. The van der Waals surface area contributed by atoms with Gasteiger partial charge in [0.2, 0.25) is 5.92 Å². The van der Waals surface area contributed by atoms with Gasteiger partial charge in [-0.2, -0.15) is 0 Å². The van der Waals surface area contributed by atoms with Gasteiger partial charge >= 0.3 is 5.97 Å². The molecule has 1 saturated carbocycles. The minimum absolute atomic E-state index is 0.0869. The largest absolute Gasteiger partial charge is 0.478 e. The Balaban J connectivity index is 0.000000276. The summed E-state index contributed by atoms with van der Waals surface area (Å²) in [5, 5.41) is 23.6. The average molecular weight is 573 g/mol. The molecule has 1 aromatic carbocycles. The average Bonchev–Trinajstić information content (AvgIpc) is 3.38. The van der Waals surface area contributed by atoms with Gasteiger partial charge in [-0.05, 0) is 51.8 Å². The molecule has 39 heavy (non-hydrogen) atoms. The zero-order chi connectivity index (χ0) is 29.1. The Labute approximate surface area is 236 Å². The van der Waals surface area contributed by atoms with Gasteiger partial charge in [-0.25, -0.2) is 13.6 Å². The van der Waals surface area contributed by atoms with Gasteiger partial charge < -0.3 is 25.3 Å². The summed E-state index contributed by atoms with van der Waals surface area (Å²) in [6, 6.07) is 3.33. The number of carboxylic acid groups (broad SMARTS) is 1. The maximum Gasteiger partial charge on any atom is 0.337 e. The van der Waals surface area contributed by atoms with Crippen molar-refractivity contribution in [2.24, 2.45) is 0 Å². The predicted octanol–water partition coefficient (Wildman–Crippen LogP) is 8.06. The molecule has 1 aromatic heterocycles. The number of hydrogen-bond donors (Lipinski definition) is 4. The van der Waals surface area contributed by atoms with E-state index in [9.17, 15) is 23.8 Å². The molecular weight excluding hydrogens is 526 g/mol. The fraction of sp³-hybridized carbons (Fsp3) is 0.700. The molecule has 1 aliphatic carbocycles. The van der Waals surface area contributed by atoms with E-state index in [0.717, 1.165) is 24.0 Å². The van der Waals surface area contributed by atoms with E-state index in [0.29, 0.717) is 11.9 Å². The second-order valence-corrected chi connectivity index (χ2v) is 11.7. The third-order valence-electron chi connectivity index (χ3n) is 7.74. The first kappa shape index (κ1) is 33.5. The van der Waals surface area contributed by atoms with Gasteiger partial charge in [-0.3, -0.25) is 0 Å². The standard InChI is InChI=1S/C17H33F2NO.C13H14ClNO3/c1-2-3-4-5-6-7-8-9-14-20-15-16(21)10-12-17(18,19)13-11-16;1-13(2,18-3)9-6-8(12(16)17)10(14)7-4-5-15-11(7)9/h20-21H,2-15H2,1H3;4-6,15H,1-3H3,(H,16,17). The Morgan fingerprint density at radius 2 is 1.69 bits per heavy atom. The Bertz CT molecular complexity index is 1030. The van der Waals surface area contributed by atoms with Gasteiger partial charge in [0.05, 0.1) is 27.3 Å². The fourth-order valence-electron chi connectivity index (χ4n) is 4.90. The van der Waals surface area contributed by atoms with E-state index in [2.05, 4.69) is 17.2 Å². The highest BCUT2D eigenvalue weighted by Crippen LogP contribution is 2.38. The number of carboxylic acids is 1. The number of rotatable bonds is 14. The number of halogens is 3. The second kappa shape index (κ2) is 15.3. The van der Waals surface area contributed by atoms with Crippen LogP contribution >= 0.6 is 11.6 Å². The minimum atomic E-state index is -2.57. The summed E-state index contributed by atoms with van der Waals surface area (Å²) in [5.74, 6) is -3.61. The van der Waals surface area contributed by atoms with Crippen LogP contribution in [0.2, 0.25) is 5.02 Å². The summed E-state index contributed by atoms with van der Waals surface area (Å²) in [7, 11) is 1.59. The van der Waals surface area contributed by atoms with Gasteiger partial charge in [0.1, 0.15) is 0 Å². The van der Waals surface area contributed by atoms with Crippen molar-refractivity contribution in [1.29, 1.82) is 0 Å². The second-order valence-electron chi connectivity index (χ2n) is 11.3. The lowest BCUT2D eigenvalue weighted by Crippen LogP contribution is -2.46. The van der Waals surface area contributed by atoms with Crippen LogP contribution < -0.4 is 5.32 Å². The van der Waals surface area contributed by atoms with Crippen LogP contribution in [-0.2, 0) is 10.3 Å². The van der Waals surface area contributed by atoms with E-state index < -0.39 is 23.1 Å². The van der Waals surface area contributed by atoms with E-state index in [1.54, 1.807) is 25.4 Å². The van der Waals surface area contributed by atoms with E-state index in [1.807, 2.05) is 13.8 Å². The van der Waals surface area contributed by atoms with Crippen LogP contribution in [0.15, 0.2) is 18.3 Å². The number of hydrogen-bond acceptors (Lipinski definition) is 4. The molecule has 0 radical (unpaired) electrons. The number of aromatic nitrogens is 1. The molecule has 0 unspecified atom stereocenters. The third kappa shape index (κ3) is 10.3. The maximum absolute atomic E-state index is 13.1. The predicted molar refractivity (Wildman–Crippen MR) is 154 cm³/mol. The Morgan fingerprint density at radius 1 is 1.10 bits per heavy atom. The number of aliphatic hydroxyl groups is 1. The Kier molecular flexibility index (Phi) is 13.1. The first-order chi connectivity index (χ1) is 18.4. The smallest absolute Gasteiger partial charge is 0.337 e. The summed E-state index contributed by atoms with van der Waals surface area (Å²) in [6.45, 7) is 7.32. The lowest BCUT2D eigenvalue weighted by atomic mass is 9.83. The monoisotopic (exact) mass is 572 g/mol. The van der Waals surface area contributed by atoms with Crippen LogP contribution in [-0.4, -0.2) is 52.9 Å². The van der Waals surface area contributed by atoms with E-state index in [-0.39, 0.29) is 36.3 Å². The van der Waals surface area contributed by atoms with Gasteiger partial charge in [-0.1, -0.05) is 63.5 Å². The number of alkyl halides is 2. The van der Waals surface area contributed by atoms with Gasteiger partial charge in [-0.15, -0.1) is 0 Å². The number of benzene rings is 1. The van der Waals surface area contributed by atoms with Crippen molar-refractivity contribution in [2.75, 3.05) is 20.2 Å². The molecule has 1 fully saturated rings. The van der Waals surface area contributed by atoms with E-state index in [1.165, 1.54) is 44.9 Å². The zero-order valence-corrected chi connectivity index (χ0v) is 24.7. The lowest BCUT2D eigenvalue weighted by Gasteiger charge is -2.36.